The third kappa shape index (κ3) is 3.04. The summed E-state index contributed by atoms with van der Waals surface area (Å²) < 4.78 is 10.3. The Kier molecular flexibility index (Phi) is 3.86. The van der Waals surface area contributed by atoms with E-state index in [0.717, 1.165) is 5.56 Å². The molecule has 0 bridgehead atoms. The molecule has 0 N–H and O–H groups in total. The summed E-state index contributed by atoms with van der Waals surface area (Å²) in [5.41, 5.74) is 0.830. The second-order valence-electron chi connectivity index (χ2n) is 3.47. The van der Waals surface area contributed by atoms with Gasteiger partial charge in [0, 0.05) is 11.6 Å². The smallest absolute Gasteiger partial charge is 0.330 e. The third-order valence-electron chi connectivity index (χ3n) is 2.13. The van der Waals surface area contributed by atoms with Crippen molar-refractivity contribution in [1.82, 2.24) is 10.2 Å². The lowest BCUT2D eigenvalue weighted by molar-refractivity contribution is -0.139. The van der Waals surface area contributed by atoms with Gasteiger partial charge in [0.2, 0.25) is 5.89 Å². The van der Waals surface area contributed by atoms with Crippen molar-refractivity contribution in [2.45, 2.75) is 13.5 Å². The van der Waals surface area contributed by atoms with Crippen LogP contribution in [0.15, 0.2) is 46.9 Å². The Hall–Kier alpha value is -2.43. The van der Waals surface area contributed by atoms with Crippen LogP contribution in [-0.2, 0) is 16.1 Å². The van der Waals surface area contributed by atoms with Crippen molar-refractivity contribution in [1.29, 1.82) is 0 Å². The molecule has 0 atom stereocenters. The molecule has 2 rings (SSSR count). The maximum absolute atomic E-state index is 11.1. The predicted molar refractivity (Wildman–Crippen MR) is 64.3 cm³/mol. The van der Waals surface area contributed by atoms with Crippen LogP contribution in [-0.4, -0.2) is 16.2 Å². The fourth-order valence-electron chi connectivity index (χ4n) is 1.33. The molecule has 92 valence electrons. The van der Waals surface area contributed by atoms with Crippen LogP contribution in [0.1, 0.15) is 12.8 Å². The zero-order valence-corrected chi connectivity index (χ0v) is 9.87. The fourth-order valence-corrected chi connectivity index (χ4v) is 1.33. The second-order valence-corrected chi connectivity index (χ2v) is 3.47. The lowest BCUT2D eigenvalue weighted by Crippen LogP contribution is -2.00. The molecule has 0 aliphatic heterocycles. The van der Waals surface area contributed by atoms with Gasteiger partial charge in [-0.15, -0.1) is 10.2 Å². The van der Waals surface area contributed by atoms with Crippen LogP contribution < -0.4 is 0 Å². The minimum Gasteiger partial charge on any atom is -0.452 e. The van der Waals surface area contributed by atoms with E-state index in [0.29, 0.717) is 5.89 Å². The summed E-state index contributed by atoms with van der Waals surface area (Å²) in [5, 5.41) is 7.69. The van der Waals surface area contributed by atoms with Gasteiger partial charge in [-0.3, -0.25) is 0 Å². The molecule has 0 saturated carbocycles. The first-order valence-corrected chi connectivity index (χ1v) is 5.47. The Labute approximate surface area is 104 Å². The van der Waals surface area contributed by atoms with Crippen molar-refractivity contribution < 1.29 is 13.9 Å². The van der Waals surface area contributed by atoms with Crippen LogP contribution in [0.5, 0.6) is 0 Å². The predicted octanol–water partition coefficient (Wildman–Crippen LogP) is 2.36. The summed E-state index contributed by atoms with van der Waals surface area (Å²) in [4.78, 5) is 11.1. The lowest BCUT2D eigenvalue weighted by atomic mass is 10.2. The average Bonchev–Trinajstić information content (AvgIpc) is 2.87. The Morgan fingerprint density at radius 2 is 2.11 bits per heavy atom. The van der Waals surface area contributed by atoms with Gasteiger partial charge in [-0.2, -0.15) is 0 Å². The molecule has 5 nitrogen and oxygen atoms in total. The van der Waals surface area contributed by atoms with E-state index in [1.54, 1.807) is 13.0 Å². The number of hydrogen-bond acceptors (Lipinski definition) is 5. The number of allylic oxidation sites excluding steroid dienone is 1. The third-order valence-corrected chi connectivity index (χ3v) is 2.13. The molecular formula is C13H12N2O3. The summed E-state index contributed by atoms with van der Waals surface area (Å²) in [6.07, 6.45) is 2.93. The van der Waals surface area contributed by atoms with Crippen LogP contribution in [0, 0.1) is 0 Å². The number of benzene rings is 1. The average molecular weight is 244 g/mol. The maximum atomic E-state index is 11.1. The van der Waals surface area contributed by atoms with Gasteiger partial charge in [0.15, 0.2) is 6.61 Å². The molecule has 0 unspecified atom stereocenters. The van der Waals surface area contributed by atoms with Gasteiger partial charge in [-0.05, 0) is 19.1 Å². The summed E-state index contributed by atoms with van der Waals surface area (Å²) in [6.45, 7) is 1.71. The molecule has 2 aromatic rings. The molecule has 0 aliphatic rings. The van der Waals surface area contributed by atoms with Crippen molar-refractivity contribution in [2.24, 2.45) is 0 Å². The molecule has 0 saturated heterocycles. The van der Waals surface area contributed by atoms with Gasteiger partial charge < -0.3 is 9.15 Å². The van der Waals surface area contributed by atoms with Crippen LogP contribution in [0.4, 0.5) is 0 Å². The van der Waals surface area contributed by atoms with E-state index in [2.05, 4.69) is 10.2 Å². The van der Waals surface area contributed by atoms with Gasteiger partial charge in [0.1, 0.15) is 0 Å². The molecule has 1 aromatic carbocycles. The van der Waals surface area contributed by atoms with Crippen molar-refractivity contribution >= 4 is 5.97 Å². The molecule has 0 spiro atoms. The normalized spacial score (nSPS) is 10.7. The molecule has 18 heavy (non-hydrogen) atoms. The summed E-state index contributed by atoms with van der Waals surface area (Å²) in [6, 6.07) is 9.39. The number of nitrogens with zero attached hydrogens (tertiary/aromatic N) is 2. The molecule has 1 heterocycles. The highest BCUT2D eigenvalue weighted by molar-refractivity contribution is 5.81. The van der Waals surface area contributed by atoms with Crippen molar-refractivity contribution in [3.05, 3.63) is 48.4 Å². The number of aromatic nitrogens is 2. The second kappa shape index (κ2) is 5.77. The quantitative estimate of drug-likeness (QED) is 0.610. The van der Waals surface area contributed by atoms with Crippen molar-refractivity contribution in [2.75, 3.05) is 0 Å². The Morgan fingerprint density at radius 3 is 2.83 bits per heavy atom. The number of carbonyl (C=O) groups is 1. The van der Waals surface area contributed by atoms with E-state index in [4.69, 9.17) is 9.15 Å². The molecule has 0 amide bonds. The number of rotatable bonds is 4. The minimum atomic E-state index is -0.433. The van der Waals surface area contributed by atoms with E-state index in [1.807, 2.05) is 30.3 Å². The molecular weight excluding hydrogens is 232 g/mol. The summed E-state index contributed by atoms with van der Waals surface area (Å²) in [5.74, 6) is 0.247. The summed E-state index contributed by atoms with van der Waals surface area (Å²) >= 11 is 0. The van der Waals surface area contributed by atoms with E-state index < -0.39 is 5.97 Å². The fraction of sp³-hybridized carbons (Fsp3) is 0.154. The molecule has 0 fully saturated rings. The van der Waals surface area contributed by atoms with E-state index >= 15 is 0 Å². The number of ether oxygens (including phenoxy) is 1. The lowest BCUT2D eigenvalue weighted by Gasteiger charge is -1.96. The highest BCUT2D eigenvalue weighted by Crippen LogP contribution is 2.17. The van der Waals surface area contributed by atoms with E-state index in [1.165, 1.54) is 6.08 Å². The first-order valence-electron chi connectivity index (χ1n) is 5.47. The zero-order chi connectivity index (χ0) is 12.8. The molecule has 1 aromatic heterocycles. The van der Waals surface area contributed by atoms with Gasteiger partial charge in [-0.25, -0.2) is 4.79 Å². The van der Waals surface area contributed by atoms with Crippen molar-refractivity contribution in [3.8, 4) is 11.5 Å². The Bertz CT molecular complexity index is 546. The Morgan fingerprint density at radius 1 is 1.33 bits per heavy atom. The van der Waals surface area contributed by atoms with Gasteiger partial charge in [0.05, 0.1) is 0 Å². The monoisotopic (exact) mass is 244 g/mol. The van der Waals surface area contributed by atoms with Gasteiger partial charge >= 0.3 is 5.97 Å². The van der Waals surface area contributed by atoms with Crippen LogP contribution in [0.3, 0.4) is 0 Å². The largest absolute Gasteiger partial charge is 0.452 e. The first kappa shape index (κ1) is 12.0. The number of carbonyl (C=O) groups excluding carboxylic acids is 1. The Balaban J connectivity index is 2.01. The highest BCUT2D eigenvalue weighted by Gasteiger charge is 2.09. The molecule has 5 heteroatoms. The van der Waals surface area contributed by atoms with Gasteiger partial charge in [-0.1, -0.05) is 24.3 Å². The van der Waals surface area contributed by atoms with Crippen LogP contribution in [0.25, 0.3) is 11.5 Å². The molecule has 0 aliphatic carbocycles. The van der Waals surface area contributed by atoms with Crippen LogP contribution >= 0.6 is 0 Å². The minimum absolute atomic E-state index is 0.0248. The van der Waals surface area contributed by atoms with Gasteiger partial charge in [0.25, 0.3) is 5.89 Å². The zero-order valence-electron chi connectivity index (χ0n) is 9.87. The van der Waals surface area contributed by atoms with E-state index in [9.17, 15) is 4.79 Å². The molecule has 0 radical (unpaired) electrons. The SMILES string of the molecule is C/C=C/C(=O)OCc1nnc(-c2ccccc2)o1. The number of hydrogen-bond donors (Lipinski definition) is 0. The topological polar surface area (TPSA) is 65.2 Å². The van der Waals surface area contributed by atoms with E-state index in [-0.39, 0.29) is 12.5 Å². The standard InChI is InChI=1S/C13H12N2O3/c1-2-6-12(16)17-9-11-14-15-13(18-11)10-7-4-3-5-8-10/h2-8H,9H2,1H3/b6-2+. The maximum Gasteiger partial charge on any atom is 0.330 e. The number of esters is 1. The summed E-state index contributed by atoms with van der Waals surface area (Å²) in [7, 11) is 0. The van der Waals surface area contributed by atoms with Crippen LogP contribution in [0.2, 0.25) is 0 Å². The van der Waals surface area contributed by atoms with Crippen molar-refractivity contribution in [3.63, 3.8) is 0 Å². The first-order chi connectivity index (χ1) is 8.79. The highest BCUT2D eigenvalue weighted by atomic mass is 16.5.